The van der Waals surface area contributed by atoms with E-state index >= 15 is 0 Å². The zero-order valence-corrected chi connectivity index (χ0v) is 28.9. The molecule has 2 aromatic rings. The number of methoxy groups -OCH3 is 2. The van der Waals surface area contributed by atoms with Crippen molar-refractivity contribution < 1.29 is 28.7 Å². The Morgan fingerprint density at radius 1 is 0.659 bits per heavy atom. The fraction of sp³-hybridized carbons (Fsp3) is 0.400. The highest BCUT2D eigenvalue weighted by atomic mass is 32.2. The smallest absolute Gasteiger partial charge is 0.346 e. The zero-order chi connectivity index (χ0) is 32.1. The van der Waals surface area contributed by atoms with Gasteiger partial charge >= 0.3 is 11.9 Å². The number of carbonyl (C=O) groups is 4. The normalized spacial score (nSPS) is 14.3. The van der Waals surface area contributed by atoms with Gasteiger partial charge < -0.3 is 9.47 Å². The van der Waals surface area contributed by atoms with E-state index in [0.29, 0.717) is 20.7 Å². The molecule has 0 fully saturated rings. The van der Waals surface area contributed by atoms with Gasteiger partial charge in [-0.2, -0.15) is 0 Å². The first kappa shape index (κ1) is 35.7. The van der Waals surface area contributed by atoms with Gasteiger partial charge in [-0.05, 0) is 37.7 Å². The quantitative estimate of drug-likeness (QED) is 0.0770. The van der Waals surface area contributed by atoms with E-state index in [4.69, 9.17) is 9.47 Å². The number of allylic oxidation sites excluding steroid dienone is 1. The highest BCUT2D eigenvalue weighted by Crippen LogP contribution is 2.57. The fourth-order valence-electron chi connectivity index (χ4n) is 5.22. The van der Waals surface area contributed by atoms with Gasteiger partial charge in [0.1, 0.15) is 4.91 Å². The summed E-state index contributed by atoms with van der Waals surface area (Å²) in [6.45, 7) is 4.18. The minimum atomic E-state index is -2.24. The molecule has 0 radical (unpaired) electrons. The third-order valence-corrected chi connectivity index (χ3v) is 15.1. The van der Waals surface area contributed by atoms with Crippen LogP contribution in [0.25, 0.3) is 0 Å². The van der Waals surface area contributed by atoms with Gasteiger partial charge in [-0.15, -0.1) is 0 Å². The lowest BCUT2D eigenvalue weighted by atomic mass is 10.0. The van der Waals surface area contributed by atoms with Gasteiger partial charge in [0.25, 0.3) is 0 Å². The van der Waals surface area contributed by atoms with Crippen molar-refractivity contribution in [3.05, 3.63) is 91.4 Å². The highest BCUT2D eigenvalue weighted by Gasteiger charge is 2.40. The molecule has 1 aliphatic rings. The predicted molar refractivity (Wildman–Crippen MR) is 186 cm³/mol. The van der Waals surface area contributed by atoms with E-state index in [1.165, 1.54) is 14.2 Å². The molecule has 1 aliphatic heterocycles. The van der Waals surface area contributed by atoms with Gasteiger partial charge in [-0.25, -0.2) is 9.59 Å². The van der Waals surface area contributed by atoms with Gasteiger partial charge in [-0.3, -0.25) is 9.59 Å². The Kier molecular flexibility index (Phi) is 14.3. The van der Waals surface area contributed by atoms with E-state index in [0.717, 1.165) is 80.5 Å². The summed E-state index contributed by atoms with van der Waals surface area (Å²) in [7, 11) is 2.58. The lowest BCUT2D eigenvalue weighted by molar-refractivity contribution is -0.136. The molecule has 44 heavy (non-hydrogen) atoms. The molecule has 0 aromatic heterocycles. The number of Topliss-reactive ketones (excluding diaryl/α,β-unsaturated/α-hetero) is 2. The maximum absolute atomic E-state index is 14.8. The van der Waals surface area contributed by atoms with Gasteiger partial charge in [0.15, 0.2) is 5.78 Å². The molecule has 9 heteroatoms. The lowest BCUT2D eigenvalue weighted by Crippen LogP contribution is -2.28. The monoisotopic (exact) mass is 654 g/mol. The van der Waals surface area contributed by atoms with E-state index in [2.05, 4.69) is 20.8 Å². The minimum Gasteiger partial charge on any atom is -0.465 e. The van der Waals surface area contributed by atoms with Crippen LogP contribution in [0, 0.1) is 0 Å². The maximum Gasteiger partial charge on any atom is 0.346 e. The third kappa shape index (κ3) is 8.47. The number of ether oxygens (including phenoxy) is 2. The Morgan fingerprint density at radius 2 is 1.14 bits per heavy atom. The van der Waals surface area contributed by atoms with Crippen LogP contribution in [0.15, 0.2) is 80.3 Å². The van der Waals surface area contributed by atoms with Crippen molar-refractivity contribution in [2.24, 2.45) is 0 Å². The first-order valence-electron chi connectivity index (χ1n) is 15.2. The first-order chi connectivity index (χ1) is 21.3. The third-order valence-electron chi connectivity index (χ3n) is 7.58. The molecule has 0 saturated carbocycles. The molecule has 0 atom stereocenters. The van der Waals surface area contributed by atoms with Gasteiger partial charge in [0.2, 0.25) is 5.78 Å². The Hall–Kier alpha value is -2.80. The van der Waals surface area contributed by atoms with Crippen molar-refractivity contribution in [1.82, 2.24) is 0 Å². The van der Waals surface area contributed by atoms with E-state index in [-0.39, 0.29) is 26.9 Å². The molecule has 0 amide bonds. The lowest BCUT2D eigenvalue weighted by Gasteiger charge is -2.32. The number of rotatable bonds is 16. The Balaban J connectivity index is 2.43. The summed E-state index contributed by atoms with van der Waals surface area (Å²) in [5, 5.41) is 0.526. The number of ketones is 2. The summed E-state index contributed by atoms with van der Waals surface area (Å²) in [6.07, 6.45) is 8.20. The number of carbonyl (C=O) groups excluding carboxylic acids is 4. The van der Waals surface area contributed by atoms with Crippen molar-refractivity contribution in [3.63, 3.8) is 0 Å². The second-order valence-corrected chi connectivity index (χ2v) is 17.0. The molecule has 3 rings (SSSR count). The average molecular weight is 655 g/mol. The second-order valence-electron chi connectivity index (χ2n) is 10.6. The Labute approximate surface area is 270 Å². The van der Waals surface area contributed by atoms with Crippen LogP contribution in [-0.2, 0) is 19.1 Å². The molecular formula is C35H43O6PS2. The summed E-state index contributed by atoms with van der Waals surface area (Å²) in [4.78, 5) is 55.8. The van der Waals surface area contributed by atoms with E-state index in [9.17, 15) is 19.2 Å². The number of hydrogen-bond acceptors (Lipinski definition) is 8. The summed E-state index contributed by atoms with van der Waals surface area (Å²) >= 11 is 2.09. The number of esters is 2. The van der Waals surface area contributed by atoms with Crippen LogP contribution < -0.4 is 0 Å². The van der Waals surface area contributed by atoms with Crippen molar-refractivity contribution in [2.45, 2.75) is 59.3 Å². The molecule has 6 nitrogen and oxygen atoms in total. The molecule has 2 aromatic carbocycles. The Morgan fingerprint density at radius 3 is 1.59 bits per heavy atom. The largest absolute Gasteiger partial charge is 0.465 e. The van der Waals surface area contributed by atoms with Crippen molar-refractivity contribution in [3.8, 4) is 0 Å². The summed E-state index contributed by atoms with van der Waals surface area (Å²) in [5.74, 6) is -1.83. The highest BCUT2D eigenvalue weighted by molar-refractivity contribution is 8.29. The van der Waals surface area contributed by atoms with Gasteiger partial charge in [-0.1, -0.05) is 131 Å². The van der Waals surface area contributed by atoms with E-state index in [1.54, 1.807) is 36.4 Å². The molecular weight excluding hydrogens is 611 g/mol. The fourth-order valence-corrected chi connectivity index (χ4v) is 13.3. The molecule has 0 unspecified atom stereocenters. The molecule has 236 valence electrons. The van der Waals surface area contributed by atoms with Crippen LogP contribution in [0.5, 0.6) is 0 Å². The predicted octanol–water partition coefficient (Wildman–Crippen LogP) is 8.59. The van der Waals surface area contributed by atoms with Crippen LogP contribution in [0.3, 0.4) is 0 Å². The molecule has 0 spiro atoms. The zero-order valence-electron chi connectivity index (χ0n) is 26.4. The molecule has 0 bridgehead atoms. The summed E-state index contributed by atoms with van der Waals surface area (Å²) < 4.78 is 10.9. The number of benzene rings is 2. The van der Waals surface area contributed by atoms with Crippen molar-refractivity contribution >= 4 is 59.2 Å². The SMILES string of the molecule is CCCCP(CCCC)(CCCC)=C(C(=O)c1ccccc1)/C(C(=O)OC)=C1/SC(C(=O)OC)=C(C(=O)c2ccccc2)S1. The minimum absolute atomic E-state index is 0.105. The number of thioether (sulfide) groups is 2. The van der Waals surface area contributed by atoms with Crippen LogP contribution in [0.2, 0.25) is 0 Å². The number of hydrogen-bond donors (Lipinski definition) is 0. The van der Waals surface area contributed by atoms with Crippen molar-refractivity contribution in [1.29, 1.82) is 0 Å². The van der Waals surface area contributed by atoms with Gasteiger partial charge in [0, 0.05) is 16.4 Å². The molecule has 1 heterocycles. The second kappa shape index (κ2) is 17.6. The number of unbranched alkanes of at least 4 members (excludes halogenated alkanes) is 3. The summed E-state index contributed by atoms with van der Waals surface area (Å²) in [5.41, 5.74) is 1.11. The standard InChI is InChI=1S/C35H43O6PS2/c1-6-9-22-42(23-10-7-2,24-11-8-3)30(28(36)25-18-14-12-15-19-25)27(33(38)40-4)35-43-31(32(44-35)34(39)41-5)29(37)26-20-16-13-17-21-26/h12-21H,6-11,22-24H2,1-5H3/b35-27-. The van der Waals surface area contributed by atoms with E-state index < -0.39 is 18.8 Å². The molecule has 0 aliphatic carbocycles. The first-order valence-corrected chi connectivity index (χ1v) is 19.2. The van der Waals surface area contributed by atoms with E-state index in [1.807, 2.05) is 24.3 Å². The average Bonchev–Trinajstić information content (AvgIpc) is 3.51. The van der Waals surface area contributed by atoms with Crippen LogP contribution in [-0.4, -0.2) is 61.5 Å². The Bertz CT molecular complexity index is 1430. The van der Waals surface area contributed by atoms with Gasteiger partial charge in [0.05, 0.1) is 28.9 Å². The summed E-state index contributed by atoms with van der Waals surface area (Å²) in [6, 6.07) is 17.8. The maximum atomic E-state index is 14.8. The van der Waals surface area contributed by atoms with Crippen LogP contribution in [0.4, 0.5) is 0 Å². The topological polar surface area (TPSA) is 86.7 Å². The molecule has 0 N–H and O–H groups in total. The van der Waals surface area contributed by atoms with Crippen LogP contribution in [0.1, 0.15) is 80.0 Å². The van der Waals surface area contributed by atoms with Crippen molar-refractivity contribution in [2.75, 3.05) is 32.7 Å². The van der Waals surface area contributed by atoms with Crippen LogP contribution >= 0.6 is 30.4 Å². The molecule has 0 saturated heterocycles.